The molecular weight excluding hydrogens is 745 g/mol. The van der Waals surface area contributed by atoms with E-state index < -0.39 is 0 Å². The first-order valence-electron chi connectivity index (χ1n) is 5.78. The van der Waals surface area contributed by atoms with Crippen molar-refractivity contribution in [2.75, 3.05) is 0 Å². The molecule has 2 N–H and O–H groups in total. The number of hydrogen-bond acceptors (Lipinski definition) is 3. The standard InChI is InChI=1S/C7H5Br3O.C7H8O.CN.Br2.Cu.Fe/c1-3-2-4(8)7(11)6(10)5(3)9;1-6-2-4-7(8)5-3-6;2*1-2;;/h2,11H,1H3;2-5,8H,1H3;;;;/q;;-1;;+1;. The molecule has 0 atom stereocenters. The van der Waals surface area contributed by atoms with E-state index in [1.807, 2.05) is 32.0 Å². The van der Waals surface area contributed by atoms with Crippen LogP contribution >= 0.6 is 76.0 Å². The van der Waals surface area contributed by atoms with E-state index >= 15 is 0 Å². The predicted molar refractivity (Wildman–Crippen MR) is 112 cm³/mol. The van der Waals surface area contributed by atoms with Crippen molar-refractivity contribution >= 4 is 76.0 Å². The first-order chi connectivity index (χ1) is 10.8. The van der Waals surface area contributed by atoms with E-state index in [1.54, 1.807) is 12.1 Å². The molecule has 0 heterocycles. The summed E-state index contributed by atoms with van der Waals surface area (Å²) in [6, 6.07) is 8.94. The van der Waals surface area contributed by atoms with E-state index in [-0.39, 0.29) is 39.9 Å². The van der Waals surface area contributed by atoms with Gasteiger partial charge in [-0.15, -0.1) is 0 Å². The Bertz CT molecular complexity index is 580. The SMILES string of the molecule is BrBr.Cc1cc(Br)c(O)c(Br)c1Br.Cc1ccc(O)cc1.[C-]#N.[Cu+].[Fe]. The predicted octanol–water partition coefficient (Wildman–Crippen LogP) is 7.47. The zero-order valence-electron chi connectivity index (χ0n) is 12.8. The van der Waals surface area contributed by atoms with Gasteiger partial charge in [-0.1, -0.05) is 17.7 Å². The molecule has 25 heavy (non-hydrogen) atoms. The Morgan fingerprint density at radius 3 is 1.64 bits per heavy atom. The summed E-state index contributed by atoms with van der Waals surface area (Å²) in [4.78, 5) is 0. The van der Waals surface area contributed by atoms with Crippen molar-refractivity contribution in [3.05, 3.63) is 61.4 Å². The molecule has 0 unspecified atom stereocenters. The Balaban J connectivity index is -0.000000141. The van der Waals surface area contributed by atoms with Gasteiger partial charge in [0.25, 0.3) is 0 Å². The van der Waals surface area contributed by atoms with Crippen molar-refractivity contribution in [2.45, 2.75) is 13.8 Å². The molecule has 0 bridgehead atoms. The van der Waals surface area contributed by atoms with E-state index in [4.69, 9.17) is 16.9 Å². The average molecular weight is 758 g/mol. The number of aryl methyl sites for hydroxylation is 2. The third kappa shape index (κ3) is 13.7. The summed E-state index contributed by atoms with van der Waals surface area (Å²) < 4.78 is 2.27. The molecular formula is C15H13Br5CuFeNO2. The van der Waals surface area contributed by atoms with Crippen LogP contribution in [0.25, 0.3) is 0 Å². The molecule has 0 aliphatic heterocycles. The van der Waals surface area contributed by atoms with Crippen LogP contribution in [0.3, 0.4) is 0 Å². The fourth-order valence-electron chi connectivity index (χ4n) is 1.25. The second-order valence-corrected chi connectivity index (χ2v) is 6.43. The maximum Gasteiger partial charge on any atom is 1.00 e. The van der Waals surface area contributed by atoms with Crippen LogP contribution < -0.4 is 0 Å². The van der Waals surface area contributed by atoms with E-state index in [0.29, 0.717) is 14.7 Å². The number of benzene rings is 2. The van der Waals surface area contributed by atoms with Crippen LogP contribution in [0.15, 0.2) is 43.7 Å². The van der Waals surface area contributed by atoms with Gasteiger partial charge in [0.1, 0.15) is 11.5 Å². The number of phenols is 2. The molecule has 0 spiro atoms. The van der Waals surface area contributed by atoms with Gasteiger partial charge < -0.3 is 22.0 Å². The molecule has 0 amide bonds. The minimum Gasteiger partial charge on any atom is -0.512 e. The first kappa shape index (κ1) is 33.5. The molecule has 2 aromatic carbocycles. The summed E-state index contributed by atoms with van der Waals surface area (Å²) in [5, 5.41) is 24.4. The number of nitrogens with zero attached hydrogens (tertiary/aromatic N) is 1. The molecule has 0 aliphatic carbocycles. The summed E-state index contributed by atoms with van der Waals surface area (Å²) in [6.45, 7) is 8.69. The van der Waals surface area contributed by atoms with Gasteiger partial charge in [-0.2, -0.15) is 0 Å². The summed E-state index contributed by atoms with van der Waals surface area (Å²) in [6.07, 6.45) is 0. The number of phenolic OH excluding ortho intramolecular Hbond substituents is 2. The summed E-state index contributed by atoms with van der Waals surface area (Å²) >= 11 is 15.3. The van der Waals surface area contributed by atoms with Crippen molar-refractivity contribution in [1.82, 2.24) is 0 Å². The second kappa shape index (κ2) is 19.7. The Morgan fingerprint density at radius 2 is 1.28 bits per heavy atom. The Hall–Kier alpha value is 0.969. The van der Waals surface area contributed by atoms with Crippen LogP contribution in [0.2, 0.25) is 0 Å². The van der Waals surface area contributed by atoms with Crippen molar-refractivity contribution in [2.24, 2.45) is 0 Å². The van der Waals surface area contributed by atoms with Gasteiger partial charge in [0.05, 0.1) is 8.95 Å². The number of rotatable bonds is 0. The summed E-state index contributed by atoms with van der Waals surface area (Å²) in [7, 11) is 0. The van der Waals surface area contributed by atoms with E-state index in [0.717, 1.165) is 10.0 Å². The van der Waals surface area contributed by atoms with E-state index in [1.165, 1.54) is 5.56 Å². The van der Waals surface area contributed by atoms with E-state index in [2.05, 4.69) is 76.0 Å². The van der Waals surface area contributed by atoms with Gasteiger partial charge in [0, 0.05) is 49.8 Å². The quantitative estimate of drug-likeness (QED) is 0.167. The zero-order valence-corrected chi connectivity index (χ0v) is 22.7. The molecule has 0 aromatic heterocycles. The van der Waals surface area contributed by atoms with Crippen LogP contribution in [-0.2, 0) is 34.1 Å². The molecule has 3 nitrogen and oxygen atoms in total. The molecule has 2 rings (SSSR count). The summed E-state index contributed by atoms with van der Waals surface area (Å²) in [5.74, 6) is 0.554. The molecule has 10 heteroatoms. The van der Waals surface area contributed by atoms with Crippen LogP contribution in [0.4, 0.5) is 0 Å². The number of halogens is 5. The Morgan fingerprint density at radius 1 is 0.880 bits per heavy atom. The molecule has 144 valence electrons. The van der Waals surface area contributed by atoms with Crippen LogP contribution in [0.1, 0.15) is 11.1 Å². The Kier molecular flexibility index (Phi) is 26.5. The van der Waals surface area contributed by atoms with Gasteiger partial charge in [-0.05, 0) is 85.4 Å². The van der Waals surface area contributed by atoms with Gasteiger partial charge in [0.15, 0.2) is 0 Å². The molecule has 0 saturated heterocycles. The topological polar surface area (TPSA) is 64.2 Å². The third-order valence-corrected chi connectivity index (χ3v) is 5.28. The van der Waals surface area contributed by atoms with Crippen molar-refractivity contribution < 1.29 is 44.4 Å². The van der Waals surface area contributed by atoms with Gasteiger partial charge >= 0.3 is 17.1 Å². The molecule has 0 radical (unpaired) electrons. The maximum absolute atomic E-state index is 9.39. The van der Waals surface area contributed by atoms with Gasteiger partial charge in [-0.3, -0.25) is 0 Å². The molecule has 0 saturated carbocycles. The first-order valence-corrected chi connectivity index (χ1v) is 11.9. The largest absolute Gasteiger partial charge is 1.00 e. The maximum atomic E-state index is 9.39. The number of aromatic hydroxyl groups is 2. The molecule has 0 fully saturated rings. The smallest absolute Gasteiger partial charge is 0.512 e. The van der Waals surface area contributed by atoms with Gasteiger partial charge in [0.2, 0.25) is 0 Å². The van der Waals surface area contributed by atoms with E-state index in [9.17, 15) is 5.11 Å². The zero-order chi connectivity index (χ0) is 18.6. The fourth-order valence-corrected chi connectivity index (χ4v) is 2.88. The van der Waals surface area contributed by atoms with Crippen LogP contribution in [0.5, 0.6) is 11.5 Å². The minimum absolute atomic E-state index is 0. The minimum atomic E-state index is 0. The van der Waals surface area contributed by atoms with Crippen molar-refractivity contribution in [3.8, 4) is 11.5 Å². The fraction of sp³-hybridized carbons (Fsp3) is 0.133. The molecule has 0 aliphatic rings. The normalized spacial score (nSPS) is 7.72. The average Bonchev–Trinajstić information content (AvgIpc) is 2.58. The van der Waals surface area contributed by atoms with Crippen molar-refractivity contribution in [1.29, 1.82) is 5.26 Å². The Labute approximate surface area is 210 Å². The second-order valence-electron chi connectivity index (χ2n) is 3.99. The summed E-state index contributed by atoms with van der Waals surface area (Å²) in [5.41, 5.74) is 2.24. The van der Waals surface area contributed by atoms with Gasteiger partial charge in [-0.25, -0.2) is 0 Å². The van der Waals surface area contributed by atoms with Crippen LogP contribution in [0, 0.1) is 25.7 Å². The molecule has 2 aromatic rings. The van der Waals surface area contributed by atoms with Crippen molar-refractivity contribution in [3.63, 3.8) is 0 Å². The monoisotopic (exact) mass is 753 g/mol. The number of hydrogen-bond donors (Lipinski definition) is 2. The third-order valence-electron chi connectivity index (χ3n) is 2.35. The van der Waals surface area contributed by atoms with Crippen LogP contribution in [-0.4, -0.2) is 10.2 Å².